The van der Waals surface area contributed by atoms with Crippen molar-refractivity contribution in [3.63, 3.8) is 0 Å². The Hall–Kier alpha value is -2.61. The molecule has 0 unspecified atom stereocenters. The average Bonchev–Trinajstić information content (AvgIpc) is 3.16. The van der Waals surface area contributed by atoms with Gasteiger partial charge in [-0.3, -0.25) is 9.59 Å². The first kappa shape index (κ1) is 24.5. The van der Waals surface area contributed by atoms with E-state index in [2.05, 4.69) is 38.0 Å². The van der Waals surface area contributed by atoms with Crippen molar-refractivity contribution in [2.24, 2.45) is 16.7 Å². The maximum Gasteiger partial charge on any atom is 0.271 e. The maximum atomic E-state index is 13.0. The highest BCUT2D eigenvalue weighted by Crippen LogP contribution is 2.68. The number of methoxy groups -OCH3 is 2. The lowest BCUT2D eigenvalue weighted by atomic mass is 9.96. The maximum absolute atomic E-state index is 13.0. The summed E-state index contributed by atoms with van der Waals surface area (Å²) in [4.78, 5) is 32.4. The lowest BCUT2D eigenvalue weighted by molar-refractivity contribution is -0.134. The fraction of sp³-hybridized carbons (Fsp3) is 0.577. The van der Waals surface area contributed by atoms with Crippen LogP contribution in [-0.4, -0.2) is 49.0 Å². The fourth-order valence-corrected chi connectivity index (χ4v) is 6.16. The molecule has 2 fully saturated rings. The molecule has 1 N–H and O–H groups in total. The van der Waals surface area contributed by atoms with Crippen molar-refractivity contribution in [3.8, 4) is 11.5 Å². The number of likely N-dealkylation sites (tertiary alicyclic amines) is 1. The van der Waals surface area contributed by atoms with E-state index in [-0.39, 0.29) is 22.7 Å². The number of carbonyl (C=O) groups excluding carboxylic acids is 2. The summed E-state index contributed by atoms with van der Waals surface area (Å²) in [6.07, 6.45) is 1.78. The summed E-state index contributed by atoms with van der Waals surface area (Å²) in [5.74, 6) is 1.79. The molecule has 2 aromatic rings. The van der Waals surface area contributed by atoms with Gasteiger partial charge in [0.2, 0.25) is 5.91 Å². The van der Waals surface area contributed by atoms with Gasteiger partial charge in [-0.1, -0.05) is 33.8 Å². The molecule has 34 heavy (non-hydrogen) atoms. The van der Waals surface area contributed by atoms with E-state index in [0.717, 1.165) is 36.5 Å². The van der Waals surface area contributed by atoms with Crippen molar-refractivity contribution in [2.45, 2.75) is 53.0 Å². The van der Waals surface area contributed by atoms with Gasteiger partial charge in [0.1, 0.15) is 5.69 Å². The highest BCUT2D eigenvalue weighted by Gasteiger charge is 2.68. The molecule has 2 amide bonds. The molecule has 0 atom stereocenters. The van der Waals surface area contributed by atoms with E-state index in [4.69, 9.17) is 9.47 Å². The van der Waals surface area contributed by atoms with E-state index < -0.39 is 0 Å². The van der Waals surface area contributed by atoms with E-state index in [1.165, 1.54) is 11.3 Å². The molecule has 0 spiro atoms. The molecule has 0 bridgehead atoms. The summed E-state index contributed by atoms with van der Waals surface area (Å²) >= 11 is 1.53. The third-order valence-electron chi connectivity index (χ3n) is 8.08. The smallest absolute Gasteiger partial charge is 0.271 e. The lowest BCUT2D eigenvalue weighted by Crippen LogP contribution is -2.40. The van der Waals surface area contributed by atoms with Crippen molar-refractivity contribution in [1.29, 1.82) is 0 Å². The van der Waals surface area contributed by atoms with Gasteiger partial charge in [-0.05, 0) is 41.4 Å². The molecule has 1 aromatic carbocycles. The summed E-state index contributed by atoms with van der Waals surface area (Å²) in [5, 5.41) is 5.74. The average molecular weight is 486 g/mol. The number of ether oxygens (including phenoxy) is 2. The normalized spacial score (nSPS) is 19.5. The Balaban J connectivity index is 1.30. The van der Waals surface area contributed by atoms with Crippen molar-refractivity contribution in [2.75, 3.05) is 27.3 Å². The van der Waals surface area contributed by atoms with Gasteiger partial charge in [-0.25, -0.2) is 4.98 Å². The highest BCUT2D eigenvalue weighted by molar-refractivity contribution is 7.09. The monoisotopic (exact) mass is 485 g/mol. The van der Waals surface area contributed by atoms with Crippen LogP contribution in [0, 0.1) is 16.7 Å². The summed E-state index contributed by atoms with van der Waals surface area (Å²) in [6, 6.07) is 5.57. The molecule has 8 heteroatoms. The third kappa shape index (κ3) is 4.40. The predicted octanol–water partition coefficient (Wildman–Crippen LogP) is 4.48. The van der Waals surface area contributed by atoms with Crippen molar-refractivity contribution < 1.29 is 19.1 Å². The van der Waals surface area contributed by atoms with E-state index in [1.54, 1.807) is 14.2 Å². The first-order valence-electron chi connectivity index (χ1n) is 11.8. The van der Waals surface area contributed by atoms with Crippen LogP contribution >= 0.6 is 11.3 Å². The number of hydrogen-bond donors (Lipinski definition) is 1. The molecule has 2 aliphatic rings. The zero-order valence-corrected chi connectivity index (χ0v) is 21.8. The number of thiazole rings is 1. The standard InChI is InChI=1S/C26H35N3O4S/c1-25(2)21(26(25,3)4)24(31)29-11-9-17(10-12-29)23-28-18(15-34-23)22(30)27-14-16-7-8-19(32-5)20(13-16)33-6/h7-8,13,15,17,21H,9-12,14H2,1-6H3,(H,27,30). The van der Waals surface area contributed by atoms with Crippen molar-refractivity contribution in [1.82, 2.24) is 15.2 Å². The van der Waals surface area contributed by atoms with E-state index in [1.807, 2.05) is 28.5 Å². The number of benzene rings is 1. The van der Waals surface area contributed by atoms with Crippen molar-refractivity contribution >= 4 is 23.2 Å². The van der Waals surface area contributed by atoms with Gasteiger partial charge >= 0.3 is 0 Å². The molecule has 7 nitrogen and oxygen atoms in total. The van der Waals surface area contributed by atoms with Crippen molar-refractivity contribution in [3.05, 3.63) is 39.8 Å². The van der Waals surface area contributed by atoms with E-state index in [9.17, 15) is 9.59 Å². The molecule has 1 aliphatic heterocycles. The Bertz CT molecular complexity index is 1060. The topological polar surface area (TPSA) is 80.8 Å². The van der Waals surface area contributed by atoms with E-state index >= 15 is 0 Å². The quantitative estimate of drug-likeness (QED) is 0.626. The number of rotatable bonds is 7. The molecule has 1 aromatic heterocycles. The van der Waals surface area contributed by atoms with Crippen LogP contribution < -0.4 is 14.8 Å². The number of piperidine rings is 1. The van der Waals surface area contributed by atoms with Crippen LogP contribution in [0.2, 0.25) is 0 Å². The first-order valence-corrected chi connectivity index (χ1v) is 12.7. The molecule has 1 aliphatic carbocycles. The van der Waals surface area contributed by atoms with Gasteiger partial charge in [-0.2, -0.15) is 0 Å². The number of carbonyl (C=O) groups is 2. The minimum atomic E-state index is -0.192. The minimum Gasteiger partial charge on any atom is -0.493 e. The lowest BCUT2D eigenvalue weighted by Gasteiger charge is -2.31. The Kier molecular flexibility index (Phi) is 6.64. The SMILES string of the molecule is COc1ccc(CNC(=O)c2csc(C3CCN(C(=O)C4C(C)(C)C4(C)C)CC3)n2)cc1OC. The zero-order valence-electron chi connectivity index (χ0n) is 20.9. The third-order valence-corrected chi connectivity index (χ3v) is 9.09. The second-order valence-electron chi connectivity index (χ2n) is 10.4. The van der Waals surface area contributed by atoms with Crippen LogP contribution in [0.15, 0.2) is 23.6 Å². The summed E-state index contributed by atoms with van der Waals surface area (Å²) in [6.45, 7) is 10.6. The summed E-state index contributed by atoms with van der Waals surface area (Å²) < 4.78 is 10.6. The summed E-state index contributed by atoms with van der Waals surface area (Å²) in [7, 11) is 3.18. The molecular weight excluding hydrogens is 450 g/mol. The van der Waals surface area contributed by atoms with Crippen LogP contribution in [0.5, 0.6) is 11.5 Å². The van der Waals surface area contributed by atoms with Crippen LogP contribution in [0.3, 0.4) is 0 Å². The second-order valence-corrected chi connectivity index (χ2v) is 11.3. The Morgan fingerprint density at radius 2 is 1.74 bits per heavy atom. The number of hydrogen-bond acceptors (Lipinski definition) is 6. The molecule has 2 heterocycles. The molecule has 0 radical (unpaired) electrons. The highest BCUT2D eigenvalue weighted by atomic mass is 32.1. The largest absolute Gasteiger partial charge is 0.493 e. The fourth-order valence-electron chi connectivity index (χ4n) is 5.19. The Morgan fingerprint density at radius 1 is 1.09 bits per heavy atom. The molecule has 4 rings (SSSR count). The van der Waals surface area contributed by atoms with Gasteiger partial charge in [0.25, 0.3) is 5.91 Å². The van der Waals surface area contributed by atoms with Gasteiger partial charge < -0.3 is 19.7 Å². The van der Waals surface area contributed by atoms with Gasteiger partial charge in [0.05, 0.1) is 19.2 Å². The van der Waals surface area contributed by atoms with Gasteiger partial charge in [-0.15, -0.1) is 11.3 Å². The number of nitrogens with one attached hydrogen (secondary N) is 1. The van der Waals surface area contributed by atoms with Crippen LogP contribution in [0.4, 0.5) is 0 Å². The first-order chi connectivity index (χ1) is 16.1. The van der Waals surface area contributed by atoms with Crippen LogP contribution in [-0.2, 0) is 11.3 Å². The molecule has 1 saturated heterocycles. The summed E-state index contributed by atoms with van der Waals surface area (Å²) in [5.41, 5.74) is 1.49. The number of amides is 2. The predicted molar refractivity (Wildman–Crippen MR) is 132 cm³/mol. The molecular formula is C26H35N3O4S. The van der Waals surface area contributed by atoms with Gasteiger partial charge in [0.15, 0.2) is 11.5 Å². The second kappa shape index (κ2) is 9.21. The van der Waals surface area contributed by atoms with E-state index in [0.29, 0.717) is 35.6 Å². The van der Waals surface area contributed by atoms with Gasteiger partial charge in [0, 0.05) is 36.9 Å². The Morgan fingerprint density at radius 3 is 2.32 bits per heavy atom. The molecule has 1 saturated carbocycles. The molecule has 184 valence electrons. The zero-order chi connectivity index (χ0) is 24.7. The minimum absolute atomic E-state index is 0.0649. The Labute approximate surface area is 205 Å². The number of aromatic nitrogens is 1. The van der Waals surface area contributed by atoms with Crippen LogP contribution in [0.25, 0.3) is 0 Å². The van der Waals surface area contributed by atoms with Crippen LogP contribution in [0.1, 0.15) is 67.5 Å². The number of nitrogens with zero attached hydrogens (tertiary/aromatic N) is 2.